The van der Waals surface area contributed by atoms with Gasteiger partial charge in [0.25, 0.3) is 0 Å². The van der Waals surface area contributed by atoms with E-state index in [1.54, 1.807) is 41.5 Å². The molecule has 0 aromatic carbocycles. The molecule has 69 heavy (non-hydrogen) atoms. The largest absolute Gasteiger partial charge is 0.480 e. The third-order valence-electron chi connectivity index (χ3n) is 9.99. The summed E-state index contributed by atoms with van der Waals surface area (Å²) in [7, 11) is -3.14. The van der Waals surface area contributed by atoms with Crippen LogP contribution in [0.1, 0.15) is 237 Å². The Bertz CT molecular complexity index is 1480. The molecule has 17 nitrogen and oxygen atoms in total. The van der Waals surface area contributed by atoms with Gasteiger partial charge in [-0.25, -0.2) is 9.59 Å². The molecule has 0 saturated carbocycles. The van der Waals surface area contributed by atoms with Crippen molar-refractivity contribution in [2.75, 3.05) is 19.3 Å². The molecule has 0 rings (SSSR count). The first-order valence-corrected chi connectivity index (χ1v) is 27.6. The average Bonchev–Trinajstić information content (AvgIpc) is 3.17. The van der Waals surface area contributed by atoms with Crippen LogP contribution in [0.2, 0.25) is 0 Å². The van der Waals surface area contributed by atoms with E-state index in [-0.39, 0.29) is 30.6 Å². The van der Waals surface area contributed by atoms with Crippen LogP contribution in [0.15, 0.2) is 0 Å². The van der Waals surface area contributed by atoms with Gasteiger partial charge in [-0.05, 0) is 134 Å². The maximum absolute atomic E-state index is 13.3. The number of carboxylic acid groups (broad SMARTS) is 1. The molecule has 0 aliphatic carbocycles. The number of nitrogens with one attached hydrogen (secondary N) is 3. The number of carbonyl (C=O) groups is 6. The highest BCUT2D eigenvalue weighted by molar-refractivity contribution is 7.53. The molecule has 2 atom stereocenters. The molecule has 18 heteroatoms. The zero-order valence-corrected chi connectivity index (χ0v) is 46.2. The van der Waals surface area contributed by atoms with E-state index >= 15 is 0 Å². The van der Waals surface area contributed by atoms with E-state index < -0.39 is 60.1 Å². The van der Waals surface area contributed by atoms with Crippen LogP contribution in [-0.2, 0) is 47.1 Å². The van der Waals surface area contributed by atoms with E-state index in [9.17, 15) is 33.3 Å². The molecule has 0 bridgehead atoms. The Morgan fingerprint density at radius 2 is 0.870 bits per heavy atom. The lowest BCUT2D eigenvalue weighted by Crippen LogP contribution is -2.44. The molecule has 2 unspecified atom stereocenters. The van der Waals surface area contributed by atoms with Gasteiger partial charge in [-0.1, -0.05) is 83.5 Å². The Kier molecular flexibility index (Phi) is 36.0. The van der Waals surface area contributed by atoms with E-state index in [2.05, 4.69) is 20.7 Å². The van der Waals surface area contributed by atoms with Gasteiger partial charge in [0, 0.05) is 32.4 Å². The average molecular weight is 1010 g/mol. The van der Waals surface area contributed by atoms with Crippen LogP contribution in [0.25, 0.3) is 0 Å². The highest BCUT2D eigenvalue weighted by Crippen LogP contribution is 2.55. The summed E-state index contributed by atoms with van der Waals surface area (Å²) >= 11 is 0. The first-order chi connectivity index (χ1) is 31.8. The quantitative estimate of drug-likeness (QED) is 0.0194. The molecule has 0 saturated heterocycles. The van der Waals surface area contributed by atoms with E-state index in [1.807, 2.05) is 41.5 Å². The van der Waals surface area contributed by atoms with E-state index in [0.717, 1.165) is 51.4 Å². The number of hydrogen-bond donors (Lipinski definition) is 6. The molecule has 0 fully saturated rings. The topological polar surface area (TPSA) is 265 Å². The summed E-state index contributed by atoms with van der Waals surface area (Å²) in [5.74, 6) is -2.06. The number of esters is 1. The number of unbranched alkanes of at least 4 members (excludes halogenated alkanes) is 16. The van der Waals surface area contributed by atoms with Crippen molar-refractivity contribution in [3.05, 3.63) is 0 Å². The van der Waals surface area contributed by atoms with E-state index in [4.69, 9.17) is 30.4 Å². The third kappa shape index (κ3) is 48.2. The Hall–Kier alpha value is -3.27. The van der Waals surface area contributed by atoms with Crippen molar-refractivity contribution in [1.82, 2.24) is 16.0 Å². The fraction of sp³-hybridized carbons (Fsp3) is 0.882. The van der Waals surface area contributed by atoms with Crippen LogP contribution in [0, 0.1) is 0 Å². The Labute approximate surface area is 417 Å². The highest BCUT2D eigenvalue weighted by Gasteiger charge is 2.34. The minimum atomic E-state index is -3.14. The van der Waals surface area contributed by atoms with Crippen LogP contribution in [0.3, 0.4) is 0 Å². The SMILES string of the molecule is CC(C)(C)OC(=O)C(CCC(=O)NCCCCCC(=O)NCCCCC(N)C(=O)O)NC(=O)CCCCCCCCCCCCCCCCP(=O)(OC(C)(C)C)OC(C)(C)C.CC(C)(C)OC(N)=O. The van der Waals surface area contributed by atoms with Crippen molar-refractivity contribution < 1.29 is 57.0 Å². The first kappa shape index (κ1) is 67.8. The summed E-state index contributed by atoms with van der Waals surface area (Å²) in [6.07, 6.45) is 19.9. The second kappa shape index (κ2) is 36.6. The maximum atomic E-state index is 13.3. The predicted octanol–water partition coefficient (Wildman–Crippen LogP) is 10.5. The van der Waals surface area contributed by atoms with Crippen LogP contribution in [0.5, 0.6) is 0 Å². The molecule has 4 amide bonds. The third-order valence-corrected chi connectivity index (χ3v) is 12.5. The molecule has 0 heterocycles. The van der Waals surface area contributed by atoms with Crippen LogP contribution < -0.4 is 27.4 Å². The minimum Gasteiger partial charge on any atom is -0.480 e. The smallest absolute Gasteiger partial charge is 0.405 e. The van der Waals surface area contributed by atoms with Gasteiger partial charge in [0.15, 0.2) is 0 Å². The highest BCUT2D eigenvalue weighted by atomic mass is 31.2. The van der Waals surface area contributed by atoms with E-state index in [1.165, 1.54) is 44.9 Å². The molecular formula is C51H100N5O12P. The molecule has 0 spiro atoms. The fourth-order valence-electron chi connectivity index (χ4n) is 6.95. The molecule has 0 aromatic rings. The van der Waals surface area contributed by atoms with Crippen molar-refractivity contribution in [2.45, 2.75) is 272 Å². The lowest BCUT2D eigenvalue weighted by molar-refractivity contribution is -0.159. The second-order valence-electron chi connectivity index (χ2n) is 22.1. The van der Waals surface area contributed by atoms with Gasteiger partial charge in [0.2, 0.25) is 17.7 Å². The number of ether oxygens (including phenoxy) is 2. The normalized spacial score (nSPS) is 13.1. The molecular weight excluding hydrogens is 906 g/mol. The fourth-order valence-corrected chi connectivity index (χ4v) is 9.45. The second-order valence-corrected chi connectivity index (χ2v) is 24.2. The predicted molar refractivity (Wildman–Crippen MR) is 275 cm³/mol. The number of nitrogens with two attached hydrogens (primary N) is 2. The van der Waals surface area contributed by atoms with Gasteiger partial charge in [0.1, 0.15) is 23.3 Å². The van der Waals surface area contributed by atoms with Gasteiger partial charge in [0.05, 0.1) is 17.4 Å². The maximum Gasteiger partial charge on any atom is 0.405 e. The van der Waals surface area contributed by atoms with Gasteiger partial charge in [-0.15, -0.1) is 0 Å². The Morgan fingerprint density at radius 3 is 1.26 bits per heavy atom. The van der Waals surface area contributed by atoms with Crippen LogP contribution >= 0.6 is 7.60 Å². The molecule has 406 valence electrons. The monoisotopic (exact) mass is 1010 g/mol. The summed E-state index contributed by atoms with van der Waals surface area (Å²) in [6, 6.07) is -1.78. The Balaban J connectivity index is 0. The zero-order valence-electron chi connectivity index (χ0n) is 45.3. The van der Waals surface area contributed by atoms with Crippen LogP contribution in [-0.4, -0.2) is 94.6 Å². The molecule has 8 N–H and O–H groups in total. The number of hydrogen-bond acceptors (Lipinski definition) is 12. The lowest BCUT2D eigenvalue weighted by Gasteiger charge is -2.32. The number of amides is 4. The summed E-state index contributed by atoms with van der Waals surface area (Å²) < 4.78 is 35.2. The number of primary amides is 1. The first-order valence-electron chi connectivity index (χ1n) is 25.9. The molecule has 0 radical (unpaired) electrons. The summed E-state index contributed by atoms with van der Waals surface area (Å²) in [6.45, 7) is 23.0. The minimum absolute atomic E-state index is 0.0587. The van der Waals surface area contributed by atoms with Crippen molar-refractivity contribution >= 4 is 43.3 Å². The van der Waals surface area contributed by atoms with E-state index in [0.29, 0.717) is 64.2 Å². The zero-order chi connectivity index (χ0) is 53.2. The molecule has 0 aliphatic rings. The van der Waals surface area contributed by atoms with Gasteiger partial charge in [-0.3, -0.25) is 23.7 Å². The lowest BCUT2D eigenvalue weighted by atomic mass is 10.0. The van der Waals surface area contributed by atoms with Crippen molar-refractivity contribution in [2.24, 2.45) is 11.5 Å². The van der Waals surface area contributed by atoms with Gasteiger partial charge < -0.3 is 51.0 Å². The number of carbonyl (C=O) groups excluding carboxylic acids is 5. The summed E-state index contributed by atoms with van der Waals surface area (Å²) in [5.41, 5.74) is 7.99. The number of rotatable bonds is 36. The summed E-state index contributed by atoms with van der Waals surface area (Å²) in [5, 5.41) is 17.3. The number of aliphatic carboxylic acids is 1. The summed E-state index contributed by atoms with van der Waals surface area (Å²) in [4.78, 5) is 71.0. The van der Waals surface area contributed by atoms with Crippen molar-refractivity contribution in [1.29, 1.82) is 0 Å². The number of carboxylic acids is 1. The van der Waals surface area contributed by atoms with Crippen LogP contribution in [0.4, 0.5) is 4.79 Å². The van der Waals surface area contributed by atoms with Crippen molar-refractivity contribution in [3.8, 4) is 0 Å². The standard InChI is InChI=1S/C46H89N4O10P.C5H11NO2/c1-44(2,3)58-43(56)38(32-33-40(52)49-34-26-22-24-30-39(51)48-35-27-25-29-37(47)42(54)55)50-41(53)31-23-20-18-16-14-12-10-11-13-15-17-19-21-28-36-61(57,59-45(4,5)6)60-46(7,8)9;1-5(2,3)8-4(6)7/h37-38H,10-36,47H2,1-9H3,(H,48,51)(H,49,52)(H,50,53)(H,54,55);1-3H3,(H2,6,7). The van der Waals surface area contributed by atoms with Crippen molar-refractivity contribution in [3.63, 3.8) is 0 Å². The Morgan fingerprint density at radius 1 is 0.493 bits per heavy atom. The van der Waals surface area contributed by atoms with Gasteiger partial charge in [-0.2, -0.15) is 0 Å². The molecule has 0 aliphatic heterocycles. The van der Waals surface area contributed by atoms with Gasteiger partial charge >= 0.3 is 25.6 Å². The molecule has 0 aromatic heterocycles.